The maximum absolute atomic E-state index is 11.4. The van der Waals surface area contributed by atoms with E-state index in [1.54, 1.807) is 7.11 Å². The Labute approximate surface area is 231 Å². The second-order valence-corrected chi connectivity index (χ2v) is 10.4. The summed E-state index contributed by atoms with van der Waals surface area (Å²) >= 11 is 0. The van der Waals surface area contributed by atoms with Gasteiger partial charge in [-0.2, -0.15) is 13.5 Å². The summed E-state index contributed by atoms with van der Waals surface area (Å²) in [5.74, 6) is 2.80. The fourth-order valence-electron chi connectivity index (χ4n) is 5.61. The molecule has 7 nitrogen and oxygen atoms in total. The van der Waals surface area contributed by atoms with E-state index < -0.39 is 5.97 Å². The number of carboxylic acid groups (broad SMARTS) is 1. The Kier molecular flexibility index (Phi) is 8.92. The molecular weight excluding hydrogens is 500 g/mol. The van der Waals surface area contributed by atoms with Crippen LogP contribution in [0.4, 0.5) is 5.69 Å². The summed E-state index contributed by atoms with van der Waals surface area (Å²) in [7, 11) is 1.70. The second-order valence-electron chi connectivity index (χ2n) is 10.4. The Morgan fingerprint density at radius 1 is 1.11 bits per heavy atom. The highest BCUT2D eigenvalue weighted by Gasteiger charge is 2.34. The first-order valence-electron chi connectivity index (χ1n) is 13.2. The molecule has 2 aromatic carbocycles. The van der Waals surface area contributed by atoms with Crippen LogP contribution in [-0.4, -0.2) is 43.0 Å². The van der Waals surface area contributed by atoms with Crippen molar-refractivity contribution in [1.82, 2.24) is 5.16 Å². The number of ether oxygens (including phenoxy) is 2. The zero-order chi connectivity index (χ0) is 25.9. The van der Waals surface area contributed by atoms with Gasteiger partial charge in [0.1, 0.15) is 17.3 Å². The van der Waals surface area contributed by atoms with Gasteiger partial charge in [0, 0.05) is 36.0 Å². The number of nitrogens with zero attached hydrogens (tertiary/aromatic N) is 2. The van der Waals surface area contributed by atoms with E-state index in [4.69, 9.17) is 14.0 Å². The number of aromatic nitrogens is 1. The van der Waals surface area contributed by atoms with Crippen molar-refractivity contribution in [3.8, 4) is 22.6 Å². The minimum Gasteiger partial charge on any atom is -0.497 e. The predicted molar refractivity (Wildman–Crippen MR) is 153 cm³/mol. The van der Waals surface area contributed by atoms with Crippen LogP contribution in [0.25, 0.3) is 11.1 Å². The molecule has 1 aliphatic carbocycles. The number of rotatable bonds is 10. The topological polar surface area (TPSA) is 85.0 Å². The Bertz CT molecular complexity index is 1230. The van der Waals surface area contributed by atoms with Crippen molar-refractivity contribution in [1.29, 1.82) is 0 Å². The molecule has 5 rings (SSSR count). The Morgan fingerprint density at radius 3 is 2.50 bits per heavy atom. The van der Waals surface area contributed by atoms with Crippen molar-refractivity contribution in [2.45, 2.75) is 51.9 Å². The van der Waals surface area contributed by atoms with E-state index in [9.17, 15) is 9.90 Å². The SMILES string of the molecule is COc1ccc(-c2c(C)noc2C)c(N2CCC(COc3cccc([C@@H](CC(=O)O)C4CC4)c3)CC2)c1.S. The van der Waals surface area contributed by atoms with Crippen LogP contribution in [0.5, 0.6) is 11.5 Å². The molecule has 2 heterocycles. The van der Waals surface area contributed by atoms with Gasteiger partial charge in [0.05, 0.1) is 25.8 Å². The van der Waals surface area contributed by atoms with Gasteiger partial charge in [-0.1, -0.05) is 17.3 Å². The number of carbonyl (C=O) groups is 1. The molecule has 1 saturated carbocycles. The predicted octanol–water partition coefficient (Wildman–Crippen LogP) is 6.34. The molecule has 0 bridgehead atoms. The normalized spacial score (nSPS) is 16.6. The third-order valence-electron chi connectivity index (χ3n) is 7.82. The summed E-state index contributed by atoms with van der Waals surface area (Å²) in [4.78, 5) is 13.8. The monoisotopic (exact) mass is 538 g/mol. The van der Waals surface area contributed by atoms with E-state index in [1.165, 1.54) is 0 Å². The molecule has 0 unspecified atom stereocenters. The smallest absolute Gasteiger partial charge is 0.303 e. The number of methoxy groups -OCH3 is 1. The minimum atomic E-state index is -0.733. The number of hydrogen-bond acceptors (Lipinski definition) is 6. The van der Waals surface area contributed by atoms with Gasteiger partial charge in [-0.05, 0) is 87.1 Å². The molecule has 0 radical (unpaired) electrons. The summed E-state index contributed by atoms with van der Waals surface area (Å²) < 4.78 is 17.2. The molecule has 1 atom stereocenters. The van der Waals surface area contributed by atoms with Crippen molar-refractivity contribution in [3.05, 3.63) is 59.5 Å². The Balaban J connectivity index is 0.00000336. The average Bonchev–Trinajstić information content (AvgIpc) is 3.70. The quantitative estimate of drug-likeness (QED) is 0.322. The van der Waals surface area contributed by atoms with Gasteiger partial charge < -0.3 is 24.0 Å². The molecule has 38 heavy (non-hydrogen) atoms. The molecule has 1 N–H and O–H groups in total. The molecular formula is C30H38N2O5S. The summed E-state index contributed by atoms with van der Waals surface area (Å²) in [5, 5.41) is 13.5. The fraction of sp³-hybridized carbons (Fsp3) is 0.467. The summed E-state index contributed by atoms with van der Waals surface area (Å²) in [6.07, 6.45) is 4.48. The molecule has 2 fully saturated rings. The third kappa shape index (κ3) is 6.29. The van der Waals surface area contributed by atoms with Crippen LogP contribution in [0.1, 0.15) is 55.0 Å². The van der Waals surface area contributed by atoms with Crippen LogP contribution in [-0.2, 0) is 4.79 Å². The number of aliphatic carboxylic acids is 1. The lowest BCUT2D eigenvalue weighted by Crippen LogP contribution is -2.35. The molecule has 3 aromatic rings. The van der Waals surface area contributed by atoms with Crippen LogP contribution in [0.3, 0.4) is 0 Å². The highest BCUT2D eigenvalue weighted by atomic mass is 32.1. The van der Waals surface area contributed by atoms with Crippen LogP contribution < -0.4 is 14.4 Å². The van der Waals surface area contributed by atoms with Crippen LogP contribution in [0.15, 0.2) is 47.0 Å². The van der Waals surface area contributed by atoms with Gasteiger partial charge in [-0.25, -0.2) is 0 Å². The van der Waals surface area contributed by atoms with Gasteiger partial charge in [0.15, 0.2) is 0 Å². The minimum absolute atomic E-state index is 0. The lowest BCUT2D eigenvalue weighted by atomic mass is 9.91. The standard InChI is InChI=1S/C30H36N2O5.H2S/c1-19-30(20(2)37-31-19)26-10-9-24(35-3)16-28(26)32-13-11-21(12-14-32)18-36-25-6-4-5-23(15-25)27(17-29(33)34)22-7-8-22;/h4-6,9-10,15-16,21-22,27H,7-8,11-14,17-18H2,1-3H3,(H,33,34);1H2/t27-;/m0./s1. The van der Waals surface area contributed by atoms with Gasteiger partial charge in [0.25, 0.3) is 0 Å². The van der Waals surface area contributed by atoms with Gasteiger partial charge in [-0.15, -0.1) is 0 Å². The first-order valence-corrected chi connectivity index (χ1v) is 13.2. The zero-order valence-corrected chi connectivity index (χ0v) is 23.4. The number of piperidine rings is 1. The van der Waals surface area contributed by atoms with Crippen molar-refractivity contribution in [2.75, 3.05) is 31.7 Å². The van der Waals surface area contributed by atoms with Crippen LogP contribution >= 0.6 is 13.5 Å². The number of carboxylic acids is 1. The maximum atomic E-state index is 11.4. The summed E-state index contributed by atoms with van der Waals surface area (Å²) in [5.41, 5.74) is 5.29. The van der Waals surface area contributed by atoms with E-state index in [-0.39, 0.29) is 25.8 Å². The average molecular weight is 539 g/mol. The lowest BCUT2D eigenvalue weighted by molar-refractivity contribution is -0.137. The molecule has 1 saturated heterocycles. The van der Waals surface area contributed by atoms with Gasteiger partial charge in [-0.3, -0.25) is 4.79 Å². The molecule has 1 aliphatic heterocycles. The fourth-order valence-corrected chi connectivity index (χ4v) is 5.61. The van der Waals surface area contributed by atoms with E-state index in [1.807, 2.05) is 44.2 Å². The summed E-state index contributed by atoms with van der Waals surface area (Å²) in [6, 6.07) is 14.3. The van der Waals surface area contributed by atoms with Crippen molar-refractivity contribution >= 4 is 25.2 Å². The van der Waals surface area contributed by atoms with Gasteiger partial charge in [0.2, 0.25) is 0 Å². The molecule has 2 aliphatic rings. The van der Waals surface area contributed by atoms with Crippen LogP contribution in [0.2, 0.25) is 0 Å². The number of anilines is 1. The highest BCUT2D eigenvalue weighted by molar-refractivity contribution is 7.59. The van der Waals surface area contributed by atoms with Gasteiger partial charge >= 0.3 is 5.97 Å². The molecule has 1 aromatic heterocycles. The van der Waals surface area contributed by atoms with E-state index in [0.29, 0.717) is 18.4 Å². The van der Waals surface area contributed by atoms with Crippen molar-refractivity contribution in [2.24, 2.45) is 11.8 Å². The lowest BCUT2D eigenvalue weighted by Gasteiger charge is -2.35. The number of aryl methyl sites for hydroxylation is 2. The molecule has 0 spiro atoms. The zero-order valence-electron chi connectivity index (χ0n) is 22.4. The molecule has 0 amide bonds. The maximum Gasteiger partial charge on any atom is 0.303 e. The Hall–Kier alpha value is -3.13. The van der Waals surface area contributed by atoms with E-state index in [0.717, 1.165) is 84.1 Å². The van der Waals surface area contributed by atoms with Crippen molar-refractivity contribution in [3.63, 3.8) is 0 Å². The third-order valence-corrected chi connectivity index (χ3v) is 7.82. The summed E-state index contributed by atoms with van der Waals surface area (Å²) in [6.45, 7) is 6.46. The second kappa shape index (κ2) is 12.2. The van der Waals surface area contributed by atoms with E-state index >= 15 is 0 Å². The molecule has 8 heteroatoms. The molecule has 204 valence electrons. The first kappa shape index (κ1) is 27.9. The first-order chi connectivity index (χ1) is 17.9. The van der Waals surface area contributed by atoms with Crippen LogP contribution in [0, 0.1) is 25.7 Å². The Morgan fingerprint density at radius 2 is 1.87 bits per heavy atom. The van der Waals surface area contributed by atoms with Crippen molar-refractivity contribution < 1.29 is 23.9 Å². The van der Waals surface area contributed by atoms with E-state index in [2.05, 4.69) is 22.2 Å². The largest absolute Gasteiger partial charge is 0.497 e. The highest BCUT2D eigenvalue weighted by Crippen LogP contribution is 2.45. The number of benzene rings is 2. The number of hydrogen-bond donors (Lipinski definition) is 1.